The fraction of sp³-hybridized carbons (Fsp3) is 0.441. The highest BCUT2D eigenvalue weighted by Gasteiger charge is 2.36. The van der Waals surface area contributed by atoms with Gasteiger partial charge in [0.2, 0.25) is 5.91 Å². The Bertz CT molecular complexity index is 1480. The molecular formula is C34H37Cl3N4O3. The predicted molar refractivity (Wildman–Crippen MR) is 175 cm³/mol. The Morgan fingerprint density at radius 2 is 1.84 bits per heavy atom. The Kier molecular flexibility index (Phi) is 10.9. The number of aromatic nitrogens is 1. The summed E-state index contributed by atoms with van der Waals surface area (Å²) in [5, 5.41) is 11.7. The maximum atomic E-state index is 13.7. The molecule has 2 fully saturated rings. The monoisotopic (exact) mass is 654 g/mol. The second kappa shape index (κ2) is 14.8. The molecule has 0 spiro atoms. The summed E-state index contributed by atoms with van der Waals surface area (Å²) in [7, 11) is 1.70. The van der Waals surface area contributed by atoms with E-state index in [4.69, 9.17) is 44.3 Å². The van der Waals surface area contributed by atoms with Crippen molar-refractivity contribution in [3.8, 4) is 11.8 Å². The minimum absolute atomic E-state index is 0.0669. The number of hydrogen-bond donors (Lipinski definition) is 0. The van der Waals surface area contributed by atoms with E-state index < -0.39 is 5.92 Å². The van der Waals surface area contributed by atoms with Gasteiger partial charge in [-0.25, -0.2) is 4.98 Å². The average Bonchev–Trinajstić information content (AvgIpc) is 3.74. The second-order valence-electron chi connectivity index (χ2n) is 11.7. The van der Waals surface area contributed by atoms with E-state index in [9.17, 15) is 10.1 Å². The van der Waals surface area contributed by atoms with Gasteiger partial charge < -0.3 is 19.3 Å². The van der Waals surface area contributed by atoms with Crippen molar-refractivity contribution < 1.29 is 14.3 Å². The highest BCUT2D eigenvalue weighted by Crippen LogP contribution is 2.36. The van der Waals surface area contributed by atoms with Crippen molar-refractivity contribution >= 4 is 46.5 Å². The number of amides is 1. The first kappa shape index (κ1) is 32.4. The molecule has 2 aromatic carbocycles. The van der Waals surface area contributed by atoms with Crippen molar-refractivity contribution in [3.05, 3.63) is 86.0 Å². The first-order chi connectivity index (χ1) is 21.2. The number of nitrogens with zero attached hydrogens (tertiary/aromatic N) is 4. The Labute approximate surface area is 274 Å². The lowest BCUT2D eigenvalue weighted by Gasteiger charge is -2.26. The van der Waals surface area contributed by atoms with Gasteiger partial charge in [0, 0.05) is 50.5 Å². The van der Waals surface area contributed by atoms with E-state index >= 15 is 0 Å². The van der Waals surface area contributed by atoms with Gasteiger partial charge in [-0.1, -0.05) is 53.0 Å². The lowest BCUT2D eigenvalue weighted by Crippen LogP contribution is -2.38. The van der Waals surface area contributed by atoms with E-state index in [-0.39, 0.29) is 18.1 Å². The molecule has 1 amide bonds. The number of pyridine rings is 1. The summed E-state index contributed by atoms with van der Waals surface area (Å²) in [6.45, 7) is 4.46. The van der Waals surface area contributed by atoms with E-state index in [0.29, 0.717) is 46.9 Å². The lowest BCUT2D eigenvalue weighted by molar-refractivity contribution is -0.135. The number of anilines is 1. The van der Waals surface area contributed by atoms with Crippen LogP contribution in [0.3, 0.4) is 0 Å². The van der Waals surface area contributed by atoms with Gasteiger partial charge in [-0.05, 0) is 85.5 Å². The van der Waals surface area contributed by atoms with Crippen LogP contribution >= 0.6 is 34.8 Å². The topological polar surface area (TPSA) is 78.7 Å². The number of ether oxygens (including phenoxy) is 2. The number of aryl methyl sites for hydroxylation is 2. The van der Waals surface area contributed by atoms with Crippen molar-refractivity contribution in [3.63, 3.8) is 0 Å². The SMILES string of the molecule is COCCCc1ccc(Cl)c(CN(C(=O)C(C#N)Cc2ccc(N3CC[C@@H](Oc4c(Cl)cc(C)cc4Cl)C3)nc2)C2CC2)c1. The van der Waals surface area contributed by atoms with Gasteiger partial charge in [-0.2, -0.15) is 5.26 Å². The van der Waals surface area contributed by atoms with Gasteiger partial charge in [0.15, 0.2) is 5.75 Å². The summed E-state index contributed by atoms with van der Waals surface area (Å²) < 4.78 is 11.3. The van der Waals surface area contributed by atoms with E-state index in [2.05, 4.69) is 22.0 Å². The third kappa shape index (κ3) is 8.17. The first-order valence-electron chi connectivity index (χ1n) is 15.0. The molecule has 3 aromatic rings. The zero-order chi connectivity index (χ0) is 31.2. The molecule has 0 bridgehead atoms. The Balaban J connectivity index is 1.20. The van der Waals surface area contributed by atoms with Crippen molar-refractivity contribution in [2.75, 3.05) is 31.7 Å². The standard InChI is InChI=1S/C34H37Cl3N4O3/c1-22-14-30(36)33(31(37)15-22)44-28-11-12-40(21-28)32-10-6-24(19-39-32)17-25(18-38)34(42)41(27-7-8-27)20-26-16-23(4-3-13-43-2)5-9-29(26)35/h5-6,9-10,14-16,19,25,27-28H,3-4,7-8,11-13,17,20-21H2,1-2H3/t25?,28-/m1/s1. The van der Waals surface area contributed by atoms with Crippen LogP contribution in [0.2, 0.25) is 15.1 Å². The van der Waals surface area contributed by atoms with Crippen molar-refractivity contribution in [2.24, 2.45) is 5.92 Å². The summed E-state index contributed by atoms with van der Waals surface area (Å²) >= 11 is 19.3. The van der Waals surface area contributed by atoms with Crippen molar-refractivity contribution in [1.29, 1.82) is 5.26 Å². The van der Waals surface area contributed by atoms with Crippen LogP contribution in [0.15, 0.2) is 48.7 Å². The molecule has 1 saturated carbocycles. The third-order valence-corrected chi connectivity index (χ3v) is 9.06. The molecule has 1 unspecified atom stereocenters. The quantitative estimate of drug-likeness (QED) is 0.178. The smallest absolute Gasteiger partial charge is 0.240 e. The van der Waals surface area contributed by atoms with Gasteiger partial charge in [0.25, 0.3) is 0 Å². The molecule has 1 aromatic heterocycles. The van der Waals surface area contributed by atoms with Gasteiger partial charge in [-0.3, -0.25) is 4.79 Å². The van der Waals surface area contributed by atoms with Gasteiger partial charge in [0.05, 0.1) is 22.7 Å². The third-order valence-electron chi connectivity index (χ3n) is 8.13. The number of nitriles is 1. The minimum Gasteiger partial charge on any atom is -0.485 e. The molecule has 1 aliphatic carbocycles. The number of halogens is 3. The Morgan fingerprint density at radius 1 is 1.09 bits per heavy atom. The molecule has 232 valence electrons. The Hall–Kier alpha value is -3.02. The molecule has 2 aliphatic rings. The van der Waals surface area contributed by atoms with E-state index in [1.807, 2.05) is 48.2 Å². The van der Waals surface area contributed by atoms with E-state index in [1.165, 1.54) is 0 Å². The van der Waals surface area contributed by atoms with Crippen LogP contribution in [-0.2, 0) is 28.9 Å². The van der Waals surface area contributed by atoms with Crippen LogP contribution in [-0.4, -0.2) is 54.7 Å². The van der Waals surface area contributed by atoms with Crippen LogP contribution in [0.1, 0.15) is 47.9 Å². The highest BCUT2D eigenvalue weighted by atomic mass is 35.5. The number of benzene rings is 2. The number of carbonyl (C=O) groups excluding carboxylic acids is 1. The Morgan fingerprint density at radius 3 is 2.50 bits per heavy atom. The number of carbonyl (C=O) groups is 1. The van der Waals surface area contributed by atoms with Crippen molar-refractivity contribution in [1.82, 2.24) is 9.88 Å². The summed E-state index contributed by atoms with van der Waals surface area (Å²) in [4.78, 5) is 22.3. The van der Waals surface area contributed by atoms with Crippen LogP contribution < -0.4 is 9.64 Å². The minimum atomic E-state index is -0.805. The maximum absolute atomic E-state index is 13.7. The zero-order valence-electron chi connectivity index (χ0n) is 25.1. The molecule has 1 saturated heterocycles. The number of methoxy groups -OCH3 is 1. The van der Waals surface area contributed by atoms with Crippen LogP contribution in [0.4, 0.5) is 5.82 Å². The fourth-order valence-electron chi connectivity index (χ4n) is 5.63. The van der Waals surface area contributed by atoms with Gasteiger partial charge >= 0.3 is 0 Å². The largest absolute Gasteiger partial charge is 0.485 e. The number of hydrogen-bond acceptors (Lipinski definition) is 6. The summed E-state index contributed by atoms with van der Waals surface area (Å²) in [5.41, 5.74) is 3.89. The molecular weight excluding hydrogens is 619 g/mol. The van der Waals surface area contributed by atoms with Gasteiger partial charge in [0.1, 0.15) is 17.8 Å². The van der Waals surface area contributed by atoms with E-state index in [1.54, 1.807) is 13.3 Å². The van der Waals surface area contributed by atoms with Gasteiger partial charge in [-0.15, -0.1) is 0 Å². The lowest BCUT2D eigenvalue weighted by atomic mass is 9.99. The second-order valence-corrected chi connectivity index (χ2v) is 12.9. The fourth-order valence-corrected chi connectivity index (χ4v) is 6.49. The molecule has 7 nitrogen and oxygen atoms in total. The summed E-state index contributed by atoms with van der Waals surface area (Å²) in [6, 6.07) is 16.0. The zero-order valence-corrected chi connectivity index (χ0v) is 27.3. The molecule has 5 rings (SSSR count). The predicted octanol–water partition coefficient (Wildman–Crippen LogP) is 7.46. The molecule has 0 N–H and O–H groups in total. The summed E-state index contributed by atoms with van der Waals surface area (Å²) in [5.74, 6) is 0.368. The molecule has 0 radical (unpaired) electrons. The molecule has 44 heavy (non-hydrogen) atoms. The molecule has 10 heteroatoms. The average molecular weight is 656 g/mol. The van der Waals surface area contributed by atoms with E-state index in [0.717, 1.165) is 66.7 Å². The molecule has 2 atom stereocenters. The number of rotatable bonds is 13. The van der Waals surface area contributed by atoms with Crippen LogP contribution in [0.25, 0.3) is 0 Å². The van der Waals surface area contributed by atoms with Crippen LogP contribution in [0, 0.1) is 24.2 Å². The first-order valence-corrected chi connectivity index (χ1v) is 16.2. The van der Waals surface area contributed by atoms with Crippen LogP contribution in [0.5, 0.6) is 5.75 Å². The molecule has 1 aliphatic heterocycles. The van der Waals surface area contributed by atoms with Crippen molar-refractivity contribution in [2.45, 2.75) is 64.1 Å². The highest BCUT2D eigenvalue weighted by molar-refractivity contribution is 6.37. The maximum Gasteiger partial charge on any atom is 0.240 e. The summed E-state index contributed by atoms with van der Waals surface area (Å²) in [6.07, 6.45) is 6.47. The molecule has 2 heterocycles. The normalized spacial score (nSPS) is 16.9.